The van der Waals surface area contributed by atoms with Gasteiger partial charge in [0.2, 0.25) is 17.7 Å². The molecule has 0 fully saturated rings. The third kappa shape index (κ3) is 13.6. The maximum absolute atomic E-state index is 13.1. The molecule has 11 nitrogen and oxygen atoms in total. The third-order valence-corrected chi connectivity index (χ3v) is 5.50. The molecule has 3 atom stereocenters. The number of nitrogens with two attached hydrogens (primary N) is 1. The summed E-state index contributed by atoms with van der Waals surface area (Å²) in [7, 11) is 0. The Kier molecular flexibility index (Phi) is 13.4. The smallest absolute Gasteiger partial charge is 0.408 e. The van der Waals surface area contributed by atoms with Crippen molar-refractivity contribution < 1.29 is 33.4 Å². The Balaban J connectivity index is 2.82. The molecule has 4 amide bonds. The average molecular weight is 549 g/mol. The minimum Gasteiger partial charge on any atom is -0.461 e. The van der Waals surface area contributed by atoms with E-state index in [0.717, 1.165) is 5.56 Å². The molecular formula is C28H44N4O7. The number of hydrogen-bond acceptors (Lipinski definition) is 7. The van der Waals surface area contributed by atoms with Gasteiger partial charge in [0, 0.05) is 6.42 Å². The van der Waals surface area contributed by atoms with Gasteiger partial charge in [0.25, 0.3) is 0 Å². The lowest BCUT2D eigenvalue weighted by molar-refractivity contribution is -0.145. The molecule has 0 saturated carbocycles. The molecule has 11 heteroatoms. The van der Waals surface area contributed by atoms with Crippen molar-refractivity contribution in [1.29, 1.82) is 0 Å². The van der Waals surface area contributed by atoms with Gasteiger partial charge in [-0.25, -0.2) is 4.79 Å². The van der Waals surface area contributed by atoms with Crippen molar-refractivity contribution in [3.05, 3.63) is 35.9 Å². The highest BCUT2D eigenvalue weighted by molar-refractivity contribution is 5.93. The average Bonchev–Trinajstić information content (AvgIpc) is 2.82. The molecule has 0 spiro atoms. The van der Waals surface area contributed by atoms with E-state index in [1.54, 1.807) is 34.6 Å². The Hall–Kier alpha value is -3.63. The van der Waals surface area contributed by atoms with Crippen molar-refractivity contribution in [3.8, 4) is 0 Å². The first kappa shape index (κ1) is 33.4. The number of esters is 1. The van der Waals surface area contributed by atoms with Gasteiger partial charge in [-0.15, -0.1) is 0 Å². The molecule has 0 saturated heterocycles. The van der Waals surface area contributed by atoms with Crippen LogP contribution >= 0.6 is 0 Å². The number of benzene rings is 1. The van der Waals surface area contributed by atoms with Gasteiger partial charge in [-0.2, -0.15) is 0 Å². The quantitative estimate of drug-likeness (QED) is 0.259. The van der Waals surface area contributed by atoms with Gasteiger partial charge in [-0.3, -0.25) is 19.2 Å². The summed E-state index contributed by atoms with van der Waals surface area (Å²) in [6, 6.07) is 6.01. The summed E-state index contributed by atoms with van der Waals surface area (Å²) in [5.41, 5.74) is 5.55. The number of alkyl carbamates (subject to hydrolysis) is 1. The number of amides is 4. The van der Waals surface area contributed by atoms with Gasteiger partial charge in [-0.1, -0.05) is 58.0 Å². The largest absolute Gasteiger partial charge is 0.461 e. The van der Waals surface area contributed by atoms with Crippen LogP contribution in [0.3, 0.4) is 0 Å². The van der Waals surface area contributed by atoms with Gasteiger partial charge in [0.1, 0.15) is 30.3 Å². The van der Waals surface area contributed by atoms with E-state index < -0.39 is 53.5 Å². The molecule has 0 bridgehead atoms. The fourth-order valence-electron chi connectivity index (χ4n) is 3.56. The molecule has 0 heterocycles. The maximum Gasteiger partial charge on any atom is 0.408 e. The van der Waals surface area contributed by atoms with E-state index in [9.17, 15) is 24.0 Å². The maximum atomic E-state index is 13.1. The van der Waals surface area contributed by atoms with Crippen LogP contribution in [0.25, 0.3) is 0 Å². The Morgan fingerprint density at radius 2 is 1.46 bits per heavy atom. The summed E-state index contributed by atoms with van der Waals surface area (Å²) in [6.07, 6.45) is -0.697. The summed E-state index contributed by atoms with van der Waals surface area (Å²) in [5, 5.41) is 7.78. The lowest BCUT2D eigenvalue weighted by atomic mass is 9.99. The first-order valence-electron chi connectivity index (χ1n) is 13.2. The molecule has 0 radical (unpaired) electrons. The normalized spacial score (nSPS) is 13.7. The number of primary amides is 1. The first-order chi connectivity index (χ1) is 18.1. The van der Waals surface area contributed by atoms with Crippen molar-refractivity contribution >= 4 is 29.8 Å². The number of carbonyl (C=O) groups excluding carboxylic acids is 5. The highest BCUT2D eigenvalue weighted by Crippen LogP contribution is 2.12. The fourth-order valence-corrected chi connectivity index (χ4v) is 3.56. The Morgan fingerprint density at radius 1 is 0.872 bits per heavy atom. The molecule has 0 aliphatic heterocycles. The molecular weight excluding hydrogens is 504 g/mol. The van der Waals surface area contributed by atoms with Crippen LogP contribution in [0.2, 0.25) is 0 Å². The molecule has 0 unspecified atom stereocenters. The van der Waals surface area contributed by atoms with Crippen LogP contribution in [0.1, 0.15) is 73.3 Å². The van der Waals surface area contributed by atoms with Crippen LogP contribution in [-0.2, 0) is 35.3 Å². The van der Waals surface area contributed by atoms with E-state index in [1.165, 1.54) is 0 Å². The summed E-state index contributed by atoms with van der Waals surface area (Å²) < 4.78 is 10.5. The molecule has 1 aromatic rings. The fraction of sp³-hybridized carbons (Fsp3) is 0.607. The Labute approximate surface area is 230 Å². The van der Waals surface area contributed by atoms with Crippen LogP contribution in [0.15, 0.2) is 30.3 Å². The predicted molar refractivity (Wildman–Crippen MR) is 146 cm³/mol. The Morgan fingerprint density at radius 3 is 1.97 bits per heavy atom. The minimum absolute atomic E-state index is 0.0114. The van der Waals surface area contributed by atoms with Crippen molar-refractivity contribution in [2.45, 2.75) is 98.1 Å². The molecule has 1 aromatic carbocycles. The van der Waals surface area contributed by atoms with Gasteiger partial charge in [-0.05, 0) is 51.0 Å². The number of nitrogens with one attached hydrogen (secondary N) is 3. The molecule has 0 aliphatic rings. The number of ether oxygens (including phenoxy) is 2. The van der Waals surface area contributed by atoms with Gasteiger partial charge >= 0.3 is 12.1 Å². The number of carbonyl (C=O) groups is 5. The molecule has 0 aliphatic carbocycles. The second kappa shape index (κ2) is 15.7. The molecule has 1 rings (SSSR count). The van der Waals surface area contributed by atoms with Crippen molar-refractivity contribution in [2.24, 2.45) is 17.6 Å². The van der Waals surface area contributed by atoms with E-state index in [-0.39, 0.29) is 37.7 Å². The first-order valence-corrected chi connectivity index (χ1v) is 13.2. The standard InChI is InChI=1S/C28H44N4O7/c1-17(2)15-21(31-26(36)23(18(3)4)32-27(37)39-28(5,6)7)25(35)30-20(24(29)34)13-14-22(33)38-16-19-11-9-8-10-12-19/h8-12,17-18,20-21,23H,13-16H2,1-7H3,(H2,29,34)(H,30,35)(H,31,36)(H,32,37)/t20-,21+,23+/m1/s1. The predicted octanol–water partition coefficient (Wildman–Crippen LogP) is 2.56. The molecule has 39 heavy (non-hydrogen) atoms. The zero-order chi connectivity index (χ0) is 29.8. The van der Waals surface area contributed by atoms with Crippen LogP contribution < -0.4 is 21.7 Å². The molecule has 0 aromatic heterocycles. The van der Waals surface area contributed by atoms with Crippen LogP contribution in [0.4, 0.5) is 4.79 Å². The van der Waals surface area contributed by atoms with E-state index in [2.05, 4.69) is 16.0 Å². The van der Waals surface area contributed by atoms with Gasteiger partial charge in [0.15, 0.2) is 0 Å². The third-order valence-electron chi connectivity index (χ3n) is 5.50. The highest BCUT2D eigenvalue weighted by Gasteiger charge is 2.32. The zero-order valence-electron chi connectivity index (χ0n) is 24.0. The lowest BCUT2D eigenvalue weighted by Gasteiger charge is -2.28. The van der Waals surface area contributed by atoms with Crippen LogP contribution in [0.5, 0.6) is 0 Å². The van der Waals surface area contributed by atoms with Crippen molar-refractivity contribution in [2.75, 3.05) is 0 Å². The SMILES string of the molecule is CC(C)C[C@H](NC(=O)[C@@H](NC(=O)OC(C)(C)C)C(C)C)C(=O)N[C@H](CCC(=O)OCc1ccccc1)C(N)=O. The minimum atomic E-state index is -1.14. The van der Waals surface area contributed by atoms with Gasteiger partial charge < -0.3 is 31.2 Å². The summed E-state index contributed by atoms with van der Waals surface area (Å²) in [6.45, 7) is 12.5. The van der Waals surface area contributed by atoms with Crippen molar-refractivity contribution in [1.82, 2.24) is 16.0 Å². The summed E-state index contributed by atoms with van der Waals surface area (Å²) in [4.78, 5) is 62.7. The second-order valence-electron chi connectivity index (χ2n) is 11.2. The second-order valence-corrected chi connectivity index (χ2v) is 11.2. The number of hydrogen-bond donors (Lipinski definition) is 4. The zero-order valence-corrected chi connectivity index (χ0v) is 24.0. The van der Waals surface area contributed by atoms with Gasteiger partial charge in [0.05, 0.1) is 0 Å². The monoisotopic (exact) mass is 548 g/mol. The van der Waals surface area contributed by atoms with Crippen LogP contribution in [0, 0.1) is 11.8 Å². The lowest BCUT2D eigenvalue weighted by Crippen LogP contribution is -2.58. The van der Waals surface area contributed by atoms with E-state index >= 15 is 0 Å². The Bertz CT molecular complexity index is 974. The van der Waals surface area contributed by atoms with Crippen molar-refractivity contribution in [3.63, 3.8) is 0 Å². The van der Waals surface area contributed by atoms with Crippen LogP contribution in [-0.4, -0.2) is 53.5 Å². The molecule has 5 N–H and O–H groups in total. The van der Waals surface area contributed by atoms with E-state index in [4.69, 9.17) is 15.2 Å². The van der Waals surface area contributed by atoms with E-state index in [0.29, 0.717) is 0 Å². The highest BCUT2D eigenvalue weighted by atomic mass is 16.6. The molecule has 218 valence electrons. The topological polar surface area (TPSA) is 166 Å². The van der Waals surface area contributed by atoms with E-state index in [1.807, 2.05) is 44.2 Å². The number of rotatable bonds is 14. The summed E-state index contributed by atoms with van der Waals surface area (Å²) in [5.74, 6) is -2.85. The summed E-state index contributed by atoms with van der Waals surface area (Å²) >= 11 is 0.